The molecule has 0 amide bonds. The van der Waals surface area contributed by atoms with Gasteiger partial charge in [0.2, 0.25) is 0 Å². The van der Waals surface area contributed by atoms with Crippen LogP contribution in [-0.4, -0.2) is 31.7 Å². The summed E-state index contributed by atoms with van der Waals surface area (Å²) in [7, 11) is 1.62. The fourth-order valence-corrected chi connectivity index (χ4v) is 2.46. The molecule has 2 N–H and O–H groups in total. The van der Waals surface area contributed by atoms with Gasteiger partial charge in [-0.3, -0.25) is 14.7 Å². The largest absolute Gasteiger partial charge is 0.373 e. The van der Waals surface area contributed by atoms with E-state index in [1.165, 1.54) is 16.7 Å². The van der Waals surface area contributed by atoms with Gasteiger partial charge in [-0.1, -0.05) is 0 Å². The van der Waals surface area contributed by atoms with Crippen molar-refractivity contribution in [2.24, 2.45) is 0 Å². The summed E-state index contributed by atoms with van der Waals surface area (Å²) in [5.41, 5.74) is -0.401. The van der Waals surface area contributed by atoms with Crippen LogP contribution in [0.1, 0.15) is 6.92 Å². The zero-order chi connectivity index (χ0) is 14.7. The van der Waals surface area contributed by atoms with E-state index >= 15 is 0 Å². The Balaban J connectivity index is 2.39. The number of H-pyrrole nitrogens is 1. The van der Waals surface area contributed by atoms with Crippen molar-refractivity contribution in [3.8, 4) is 0 Å². The molecule has 0 aliphatic heterocycles. The van der Waals surface area contributed by atoms with Crippen molar-refractivity contribution in [3.63, 3.8) is 0 Å². The number of hydrogen-bond donors (Lipinski definition) is 2. The highest BCUT2D eigenvalue weighted by molar-refractivity contribution is 7.99. The minimum absolute atomic E-state index is 0.0761. The molecule has 2 aromatic rings. The van der Waals surface area contributed by atoms with E-state index in [2.05, 4.69) is 20.5 Å². The fourth-order valence-electron chi connectivity index (χ4n) is 1.53. The van der Waals surface area contributed by atoms with Crippen molar-refractivity contribution in [2.45, 2.75) is 23.7 Å². The molecule has 0 atom stereocenters. The minimum atomic E-state index is -0.496. The molecule has 0 spiro atoms. The van der Waals surface area contributed by atoms with Crippen LogP contribution in [0.2, 0.25) is 0 Å². The number of rotatable bonds is 5. The van der Waals surface area contributed by atoms with Gasteiger partial charge < -0.3 is 5.32 Å². The van der Waals surface area contributed by atoms with E-state index in [9.17, 15) is 14.9 Å². The highest BCUT2D eigenvalue weighted by atomic mass is 32.2. The molecule has 9 nitrogen and oxygen atoms in total. The fraction of sp³-hybridized carbons (Fsp3) is 0.300. The van der Waals surface area contributed by atoms with Gasteiger partial charge in [-0.15, -0.1) is 5.10 Å². The van der Waals surface area contributed by atoms with E-state index in [0.29, 0.717) is 22.5 Å². The first-order valence-corrected chi connectivity index (χ1v) is 6.54. The molecule has 0 saturated heterocycles. The first kappa shape index (κ1) is 14.1. The molecule has 0 unspecified atom stereocenters. The topological polar surface area (TPSA) is 119 Å². The van der Waals surface area contributed by atoms with Gasteiger partial charge in [0.15, 0.2) is 5.16 Å². The van der Waals surface area contributed by atoms with Crippen LogP contribution in [0.25, 0.3) is 0 Å². The van der Waals surface area contributed by atoms with Crippen molar-refractivity contribution in [3.05, 3.63) is 32.7 Å². The van der Waals surface area contributed by atoms with Gasteiger partial charge in [0.05, 0.1) is 11.0 Å². The van der Waals surface area contributed by atoms with Crippen molar-refractivity contribution in [1.82, 2.24) is 19.7 Å². The smallest absolute Gasteiger partial charge is 0.343 e. The summed E-state index contributed by atoms with van der Waals surface area (Å²) < 4.78 is 1.42. The predicted molar refractivity (Wildman–Crippen MR) is 73.1 cm³/mol. The average Bonchev–Trinajstić information content (AvgIpc) is 2.78. The van der Waals surface area contributed by atoms with Crippen LogP contribution in [0.4, 0.5) is 11.5 Å². The lowest BCUT2D eigenvalue weighted by Crippen LogP contribution is -2.16. The molecular formula is C10H12N6O3S. The summed E-state index contributed by atoms with van der Waals surface area (Å²) in [6.07, 6.45) is 0. The second-order valence-corrected chi connectivity index (χ2v) is 4.70. The number of nitrogens with one attached hydrogen (secondary N) is 2. The van der Waals surface area contributed by atoms with Gasteiger partial charge in [0.25, 0.3) is 5.69 Å². The van der Waals surface area contributed by atoms with E-state index in [1.807, 2.05) is 0 Å². The molecule has 0 radical (unpaired) electrons. The second-order valence-electron chi connectivity index (χ2n) is 3.71. The SMILES string of the molecule is CCn1c(Sc2cc([N+](=O)[O-])cc(NC)n2)n[nH]c1=O. The lowest BCUT2D eigenvalue weighted by Gasteiger charge is -2.04. The van der Waals surface area contributed by atoms with Crippen LogP contribution < -0.4 is 11.0 Å². The molecule has 106 valence electrons. The standard InChI is InChI=1S/C10H12N6O3S/c1-3-15-9(17)13-14-10(15)20-8-5-6(16(18)19)4-7(11-2)12-8/h4-5H,3H2,1-2H3,(H,11,12)(H,13,17). The van der Waals surface area contributed by atoms with Crippen LogP contribution in [0, 0.1) is 10.1 Å². The maximum atomic E-state index is 11.5. The van der Waals surface area contributed by atoms with Gasteiger partial charge >= 0.3 is 5.69 Å². The van der Waals surface area contributed by atoms with E-state index in [4.69, 9.17) is 0 Å². The highest BCUT2D eigenvalue weighted by Crippen LogP contribution is 2.28. The third kappa shape index (κ3) is 2.79. The van der Waals surface area contributed by atoms with Gasteiger partial charge in [-0.2, -0.15) is 0 Å². The Morgan fingerprint density at radius 3 is 2.90 bits per heavy atom. The molecule has 2 aromatic heterocycles. The molecule has 0 bridgehead atoms. The summed E-state index contributed by atoms with van der Waals surface area (Å²) in [6, 6.07) is 2.67. The highest BCUT2D eigenvalue weighted by Gasteiger charge is 2.14. The summed E-state index contributed by atoms with van der Waals surface area (Å²) in [5, 5.41) is 20.6. The Morgan fingerprint density at radius 2 is 2.30 bits per heavy atom. The number of pyridine rings is 1. The lowest BCUT2D eigenvalue weighted by molar-refractivity contribution is -0.385. The maximum Gasteiger partial charge on any atom is 0.343 e. The van der Waals surface area contributed by atoms with E-state index in [1.54, 1.807) is 14.0 Å². The molecule has 2 heterocycles. The molecule has 0 saturated carbocycles. The van der Waals surface area contributed by atoms with Crippen molar-refractivity contribution < 1.29 is 4.92 Å². The number of aromatic amines is 1. The first-order chi connectivity index (χ1) is 9.55. The Hall–Kier alpha value is -2.36. The Morgan fingerprint density at radius 1 is 1.55 bits per heavy atom. The number of nitro groups is 1. The van der Waals surface area contributed by atoms with Crippen LogP contribution in [0.15, 0.2) is 27.1 Å². The molecule has 0 aliphatic carbocycles. The third-order valence-corrected chi connectivity index (χ3v) is 3.40. The normalized spacial score (nSPS) is 10.5. The Labute approximate surface area is 117 Å². The molecule has 10 heteroatoms. The van der Waals surface area contributed by atoms with E-state index < -0.39 is 4.92 Å². The number of hydrogen-bond acceptors (Lipinski definition) is 7. The van der Waals surface area contributed by atoms with Gasteiger partial charge in [-0.25, -0.2) is 14.9 Å². The molecule has 0 aliphatic rings. The predicted octanol–water partition coefficient (Wildman–Crippen LogP) is 1.09. The van der Waals surface area contributed by atoms with Crippen molar-refractivity contribution in [1.29, 1.82) is 0 Å². The van der Waals surface area contributed by atoms with Gasteiger partial charge in [-0.05, 0) is 18.7 Å². The monoisotopic (exact) mass is 296 g/mol. The molecule has 2 rings (SSSR count). The van der Waals surface area contributed by atoms with Gasteiger partial charge in [0.1, 0.15) is 10.8 Å². The Bertz CT molecular complexity index is 695. The maximum absolute atomic E-state index is 11.5. The molecular weight excluding hydrogens is 284 g/mol. The Kier molecular flexibility index (Phi) is 4.03. The summed E-state index contributed by atoms with van der Waals surface area (Å²) in [4.78, 5) is 26.0. The van der Waals surface area contributed by atoms with Crippen molar-refractivity contribution >= 4 is 23.3 Å². The zero-order valence-corrected chi connectivity index (χ0v) is 11.6. The average molecular weight is 296 g/mol. The summed E-state index contributed by atoms with van der Waals surface area (Å²) in [6.45, 7) is 2.26. The summed E-state index contributed by atoms with van der Waals surface area (Å²) in [5.74, 6) is 0.377. The van der Waals surface area contributed by atoms with Crippen LogP contribution >= 0.6 is 11.8 Å². The molecule has 0 fully saturated rings. The van der Waals surface area contributed by atoms with E-state index in [-0.39, 0.29) is 11.4 Å². The third-order valence-electron chi connectivity index (χ3n) is 2.49. The van der Waals surface area contributed by atoms with Crippen LogP contribution in [-0.2, 0) is 6.54 Å². The molecule has 0 aromatic carbocycles. The van der Waals surface area contributed by atoms with Crippen LogP contribution in [0.3, 0.4) is 0 Å². The van der Waals surface area contributed by atoms with Crippen LogP contribution in [0.5, 0.6) is 0 Å². The zero-order valence-electron chi connectivity index (χ0n) is 10.8. The minimum Gasteiger partial charge on any atom is -0.373 e. The van der Waals surface area contributed by atoms with Crippen molar-refractivity contribution in [2.75, 3.05) is 12.4 Å². The second kappa shape index (κ2) is 5.74. The summed E-state index contributed by atoms with van der Waals surface area (Å²) >= 11 is 1.09. The first-order valence-electron chi connectivity index (χ1n) is 5.72. The van der Waals surface area contributed by atoms with E-state index in [0.717, 1.165) is 11.8 Å². The quantitative estimate of drug-likeness (QED) is 0.626. The lowest BCUT2D eigenvalue weighted by atomic mass is 10.4. The van der Waals surface area contributed by atoms with Gasteiger partial charge in [0, 0.05) is 19.7 Å². The number of nitrogens with zero attached hydrogens (tertiary/aromatic N) is 4. The number of aromatic nitrogens is 4. The molecule has 20 heavy (non-hydrogen) atoms. The number of anilines is 1.